The van der Waals surface area contributed by atoms with E-state index >= 15 is 0 Å². The smallest absolute Gasteiger partial charge is 0.308 e. The van der Waals surface area contributed by atoms with Gasteiger partial charge in [-0.25, -0.2) is 0 Å². The summed E-state index contributed by atoms with van der Waals surface area (Å²) in [6.07, 6.45) is 0. The minimum absolute atomic E-state index is 0.120. The number of hydrogen-bond acceptors (Lipinski definition) is 5. The fraction of sp³-hybridized carbons (Fsp3) is 0.294. The van der Waals surface area contributed by atoms with E-state index in [1.165, 1.54) is 18.1 Å². The molecule has 1 N–H and O–H groups in total. The van der Waals surface area contributed by atoms with Crippen LogP contribution in [-0.2, 0) is 4.79 Å². The molecule has 1 fully saturated rings. The Morgan fingerprint density at radius 2 is 1.88 bits per heavy atom. The van der Waals surface area contributed by atoms with Crippen LogP contribution in [0.4, 0.5) is 0 Å². The van der Waals surface area contributed by atoms with Crippen molar-refractivity contribution in [2.45, 2.75) is 5.92 Å². The van der Waals surface area contributed by atoms with E-state index in [0.717, 1.165) is 5.56 Å². The highest BCUT2D eigenvalue weighted by molar-refractivity contribution is 6.30. The van der Waals surface area contributed by atoms with E-state index in [2.05, 4.69) is 10.2 Å². The number of aromatic nitrogens is 2. The van der Waals surface area contributed by atoms with E-state index in [9.17, 15) is 14.7 Å². The Bertz CT molecular complexity index is 779. The van der Waals surface area contributed by atoms with Crippen molar-refractivity contribution in [2.24, 2.45) is 5.92 Å². The van der Waals surface area contributed by atoms with E-state index in [0.29, 0.717) is 17.4 Å². The third-order valence-corrected chi connectivity index (χ3v) is 4.54. The number of carbonyl (C=O) groups excluding carboxylic acids is 1. The van der Waals surface area contributed by atoms with Gasteiger partial charge in [0.2, 0.25) is 5.88 Å². The standard InChI is InChI=1S/C17H16ClN3O4/c1-25-15-7-6-14(19-20-15)16(22)21-8-12(13(9-21)17(23)24)10-2-4-11(18)5-3-10/h2-7,12-13H,8-9H2,1H3,(H,23,24)/t12-,13+/m0/s1. The lowest BCUT2D eigenvalue weighted by Crippen LogP contribution is -2.30. The Kier molecular flexibility index (Phi) is 4.85. The van der Waals surface area contributed by atoms with E-state index < -0.39 is 11.9 Å². The van der Waals surface area contributed by atoms with Gasteiger partial charge < -0.3 is 14.7 Å². The van der Waals surface area contributed by atoms with Gasteiger partial charge in [-0.3, -0.25) is 9.59 Å². The van der Waals surface area contributed by atoms with Crippen molar-refractivity contribution in [1.29, 1.82) is 0 Å². The van der Waals surface area contributed by atoms with Crippen molar-refractivity contribution in [3.8, 4) is 5.88 Å². The Balaban J connectivity index is 1.82. The van der Waals surface area contributed by atoms with E-state index in [4.69, 9.17) is 16.3 Å². The molecule has 1 amide bonds. The monoisotopic (exact) mass is 361 g/mol. The second-order valence-electron chi connectivity index (χ2n) is 5.77. The van der Waals surface area contributed by atoms with Crippen LogP contribution in [-0.4, -0.2) is 52.3 Å². The molecule has 3 rings (SSSR count). The predicted octanol–water partition coefficient (Wildman–Crippen LogP) is 2.08. The average molecular weight is 362 g/mol. The molecule has 25 heavy (non-hydrogen) atoms. The van der Waals surface area contributed by atoms with Crippen LogP contribution in [0.15, 0.2) is 36.4 Å². The van der Waals surface area contributed by atoms with Crippen LogP contribution < -0.4 is 4.74 Å². The van der Waals surface area contributed by atoms with Gasteiger partial charge in [-0.2, -0.15) is 0 Å². The van der Waals surface area contributed by atoms with Gasteiger partial charge in [-0.05, 0) is 23.8 Å². The first kappa shape index (κ1) is 17.2. The summed E-state index contributed by atoms with van der Waals surface area (Å²) in [7, 11) is 1.46. The zero-order valence-corrected chi connectivity index (χ0v) is 14.2. The summed E-state index contributed by atoms with van der Waals surface area (Å²) in [5.74, 6) is -1.96. The Morgan fingerprint density at radius 3 is 2.44 bits per heavy atom. The van der Waals surface area contributed by atoms with Gasteiger partial charge in [0.1, 0.15) is 0 Å². The molecule has 1 aromatic heterocycles. The van der Waals surface area contributed by atoms with Crippen LogP contribution >= 0.6 is 11.6 Å². The molecule has 2 atom stereocenters. The van der Waals surface area contributed by atoms with E-state index in [1.54, 1.807) is 30.3 Å². The van der Waals surface area contributed by atoms with Crippen molar-refractivity contribution in [2.75, 3.05) is 20.2 Å². The van der Waals surface area contributed by atoms with Crippen molar-refractivity contribution >= 4 is 23.5 Å². The number of carboxylic acids is 1. The molecule has 0 aliphatic carbocycles. The molecular weight excluding hydrogens is 346 g/mol. The minimum Gasteiger partial charge on any atom is -0.481 e. The molecule has 7 nitrogen and oxygen atoms in total. The van der Waals surface area contributed by atoms with Crippen LogP contribution in [0.1, 0.15) is 22.0 Å². The number of nitrogens with zero attached hydrogens (tertiary/aromatic N) is 3. The largest absolute Gasteiger partial charge is 0.481 e. The number of rotatable bonds is 4. The summed E-state index contributed by atoms with van der Waals surface area (Å²) in [4.78, 5) is 25.7. The zero-order chi connectivity index (χ0) is 18.0. The zero-order valence-electron chi connectivity index (χ0n) is 13.4. The normalized spacial score (nSPS) is 19.7. The van der Waals surface area contributed by atoms with E-state index in [-0.39, 0.29) is 24.1 Å². The minimum atomic E-state index is -0.934. The molecule has 0 unspecified atom stereocenters. The van der Waals surface area contributed by atoms with Gasteiger partial charge in [0.25, 0.3) is 5.91 Å². The maximum atomic E-state index is 12.6. The lowest BCUT2D eigenvalue weighted by molar-refractivity contribution is -0.141. The molecule has 0 bridgehead atoms. The van der Waals surface area contributed by atoms with Gasteiger partial charge in [0.15, 0.2) is 5.69 Å². The maximum Gasteiger partial charge on any atom is 0.308 e. The lowest BCUT2D eigenvalue weighted by atomic mass is 9.89. The molecule has 2 aromatic rings. The molecule has 2 heterocycles. The summed E-state index contributed by atoms with van der Waals surface area (Å²) in [6.45, 7) is 0.417. The van der Waals surface area contributed by atoms with Crippen molar-refractivity contribution < 1.29 is 19.4 Å². The van der Waals surface area contributed by atoms with Gasteiger partial charge in [-0.15, -0.1) is 10.2 Å². The van der Waals surface area contributed by atoms with Crippen LogP contribution in [0.2, 0.25) is 5.02 Å². The highest BCUT2D eigenvalue weighted by Crippen LogP contribution is 2.34. The number of likely N-dealkylation sites (tertiary alicyclic amines) is 1. The molecule has 1 saturated heterocycles. The van der Waals surface area contributed by atoms with Crippen molar-refractivity contribution in [3.63, 3.8) is 0 Å². The van der Waals surface area contributed by atoms with Crippen molar-refractivity contribution in [1.82, 2.24) is 15.1 Å². The molecule has 8 heteroatoms. The summed E-state index contributed by atoms with van der Waals surface area (Å²) in [5, 5.41) is 17.7. The fourth-order valence-corrected chi connectivity index (χ4v) is 3.10. The number of halogens is 1. The first-order valence-corrected chi connectivity index (χ1v) is 8.02. The molecule has 0 saturated carbocycles. The number of carbonyl (C=O) groups is 2. The summed E-state index contributed by atoms with van der Waals surface area (Å²) < 4.78 is 4.92. The SMILES string of the molecule is COc1ccc(C(=O)N2C[C@@H](C(=O)O)[C@H](c3ccc(Cl)cc3)C2)nn1. The summed E-state index contributed by atoms with van der Waals surface area (Å²) in [6, 6.07) is 10.1. The van der Waals surface area contributed by atoms with Crippen LogP contribution in [0.25, 0.3) is 0 Å². The van der Waals surface area contributed by atoms with E-state index in [1.807, 2.05) is 0 Å². The van der Waals surface area contributed by atoms with Gasteiger partial charge in [-0.1, -0.05) is 23.7 Å². The Labute approximate surface area is 149 Å². The number of ether oxygens (including phenoxy) is 1. The Hall–Kier alpha value is -2.67. The third-order valence-electron chi connectivity index (χ3n) is 4.29. The highest BCUT2D eigenvalue weighted by Gasteiger charge is 2.41. The van der Waals surface area contributed by atoms with Crippen molar-refractivity contribution in [3.05, 3.63) is 52.7 Å². The number of hydrogen-bond donors (Lipinski definition) is 1. The van der Waals surface area contributed by atoms with Gasteiger partial charge in [0, 0.05) is 30.1 Å². The quantitative estimate of drug-likeness (QED) is 0.896. The maximum absolute atomic E-state index is 12.6. The number of carboxylic acid groups (broad SMARTS) is 1. The number of aliphatic carboxylic acids is 1. The summed E-state index contributed by atoms with van der Waals surface area (Å²) in [5.41, 5.74) is 0.995. The van der Waals surface area contributed by atoms with Crippen LogP contribution in [0, 0.1) is 5.92 Å². The number of benzene rings is 1. The molecule has 0 spiro atoms. The molecule has 1 aliphatic heterocycles. The van der Waals surface area contributed by atoms with Crippen LogP contribution in [0.3, 0.4) is 0 Å². The molecule has 130 valence electrons. The fourth-order valence-electron chi connectivity index (χ4n) is 2.97. The third kappa shape index (κ3) is 3.56. The average Bonchev–Trinajstić information content (AvgIpc) is 3.07. The predicted molar refractivity (Wildman–Crippen MR) is 89.8 cm³/mol. The topological polar surface area (TPSA) is 92.6 Å². The molecule has 1 aromatic carbocycles. The first-order valence-electron chi connectivity index (χ1n) is 7.65. The number of amides is 1. The molecule has 1 aliphatic rings. The van der Waals surface area contributed by atoms with Crippen LogP contribution in [0.5, 0.6) is 5.88 Å². The second-order valence-corrected chi connectivity index (χ2v) is 6.21. The summed E-state index contributed by atoms with van der Waals surface area (Å²) >= 11 is 5.89. The molecular formula is C17H16ClN3O4. The number of methoxy groups -OCH3 is 1. The van der Waals surface area contributed by atoms with Gasteiger partial charge in [0.05, 0.1) is 13.0 Å². The Morgan fingerprint density at radius 1 is 1.16 bits per heavy atom. The highest BCUT2D eigenvalue weighted by atomic mass is 35.5. The van der Waals surface area contributed by atoms with Gasteiger partial charge >= 0.3 is 5.97 Å². The first-order chi connectivity index (χ1) is 12.0. The second kappa shape index (κ2) is 7.06. The molecule has 0 radical (unpaired) electrons. The lowest BCUT2D eigenvalue weighted by Gasteiger charge is -2.16.